The maximum atomic E-state index is 13.1. The highest BCUT2D eigenvalue weighted by atomic mass is 19.1. The van der Waals surface area contributed by atoms with Gasteiger partial charge in [-0.25, -0.2) is 9.37 Å². The molecule has 122 valence electrons. The molecule has 1 aliphatic heterocycles. The molecule has 1 fully saturated rings. The third-order valence-corrected chi connectivity index (χ3v) is 4.33. The van der Waals surface area contributed by atoms with Crippen LogP contribution in [-0.2, 0) is 0 Å². The van der Waals surface area contributed by atoms with Crippen LogP contribution in [0.15, 0.2) is 24.3 Å². The van der Waals surface area contributed by atoms with E-state index in [1.165, 1.54) is 12.1 Å². The zero-order valence-corrected chi connectivity index (χ0v) is 13.8. The predicted octanol–water partition coefficient (Wildman–Crippen LogP) is 2.59. The first kappa shape index (κ1) is 15.8. The largest absolute Gasteiger partial charge is 0.364 e. The molecule has 2 heterocycles. The fourth-order valence-electron chi connectivity index (χ4n) is 2.97. The van der Waals surface area contributed by atoms with Crippen molar-refractivity contribution in [2.75, 3.05) is 25.5 Å². The highest BCUT2D eigenvalue weighted by Gasteiger charge is 2.23. The van der Waals surface area contributed by atoms with Crippen molar-refractivity contribution in [3.8, 4) is 0 Å². The van der Waals surface area contributed by atoms with E-state index < -0.39 is 0 Å². The molecule has 5 nitrogen and oxygen atoms in total. The first-order chi connectivity index (χ1) is 11.0. The number of nitrogens with zero attached hydrogens (tertiary/aromatic N) is 4. The van der Waals surface area contributed by atoms with E-state index in [2.05, 4.69) is 32.4 Å². The Labute approximate surface area is 136 Å². The van der Waals surface area contributed by atoms with Crippen molar-refractivity contribution in [2.45, 2.75) is 32.2 Å². The molecule has 1 unspecified atom stereocenters. The van der Waals surface area contributed by atoms with E-state index in [-0.39, 0.29) is 11.7 Å². The van der Waals surface area contributed by atoms with Crippen LogP contribution < -0.4 is 5.32 Å². The van der Waals surface area contributed by atoms with Crippen LogP contribution in [0, 0.1) is 12.7 Å². The quantitative estimate of drug-likeness (QED) is 0.940. The summed E-state index contributed by atoms with van der Waals surface area (Å²) in [5, 5.41) is 12.0. The number of likely N-dealkylation sites (tertiary alicyclic amines) is 1. The van der Waals surface area contributed by atoms with Gasteiger partial charge in [-0.3, -0.25) is 0 Å². The second kappa shape index (κ2) is 6.58. The number of nitrogens with one attached hydrogen (secondary N) is 1. The van der Waals surface area contributed by atoms with Crippen LogP contribution in [0.4, 0.5) is 10.2 Å². The van der Waals surface area contributed by atoms with Gasteiger partial charge in [-0.05, 0) is 44.6 Å². The number of likely N-dealkylation sites (N-methyl/N-ethyl adjacent to an activating group) is 1. The van der Waals surface area contributed by atoms with E-state index in [4.69, 9.17) is 0 Å². The summed E-state index contributed by atoms with van der Waals surface area (Å²) in [7, 11) is 2.12. The molecule has 0 bridgehead atoms. The van der Waals surface area contributed by atoms with E-state index in [0.29, 0.717) is 11.9 Å². The minimum Gasteiger partial charge on any atom is -0.364 e. The average molecular weight is 315 g/mol. The molecule has 6 heteroatoms. The lowest BCUT2D eigenvalue weighted by Gasteiger charge is -2.19. The maximum Gasteiger partial charge on any atom is 0.152 e. The van der Waals surface area contributed by atoms with Crippen molar-refractivity contribution in [1.29, 1.82) is 0 Å². The van der Waals surface area contributed by atoms with Crippen LogP contribution in [0.3, 0.4) is 0 Å². The molecule has 0 amide bonds. The van der Waals surface area contributed by atoms with Gasteiger partial charge in [-0.2, -0.15) is 0 Å². The Balaban J connectivity index is 1.87. The van der Waals surface area contributed by atoms with Gasteiger partial charge >= 0.3 is 0 Å². The van der Waals surface area contributed by atoms with Crippen LogP contribution in [-0.4, -0.2) is 46.3 Å². The Bertz CT molecular complexity index is 673. The zero-order valence-electron chi connectivity index (χ0n) is 13.8. The topological polar surface area (TPSA) is 53.9 Å². The molecule has 1 aromatic heterocycles. The molecule has 0 radical (unpaired) electrons. The van der Waals surface area contributed by atoms with Gasteiger partial charge in [0.15, 0.2) is 5.82 Å². The molecule has 23 heavy (non-hydrogen) atoms. The summed E-state index contributed by atoms with van der Waals surface area (Å²) in [6, 6.07) is 6.89. The van der Waals surface area contributed by atoms with Crippen molar-refractivity contribution >= 4 is 5.82 Å². The van der Waals surface area contributed by atoms with E-state index >= 15 is 0 Å². The molecule has 1 aliphatic rings. The number of aryl methyl sites for hydroxylation is 1. The van der Waals surface area contributed by atoms with E-state index in [1.54, 1.807) is 12.1 Å². The van der Waals surface area contributed by atoms with Gasteiger partial charge < -0.3 is 10.2 Å². The second-order valence-electron chi connectivity index (χ2n) is 6.26. The molecular weight excluding hydrogens is 293 g/mol. The Hall–Kier alpha value is -2.08. The first-order valence-electron chi connectivity index (χ1n) is 7.94. The highest BCUT2D eigenvalue weighted by molar-refractivity contribution is 5.46. The summed E-state index contributed by atoms with van der Waals surface area (Å²) in [5.74, 6) is 1.20. The second-order valence-corrected chi connectivity index (χ2v) is 6.26. The molecule has 2 atom stereocenters. The number of hydrogen-bond acceptors (Lipinski definition) is 5. The summed E-state index contributed by atoms with van der Waals surface area (Å²) in [5.41, 5.74) is 1.80. The SMILES string of the molecule is Cc1nnc([C@@H](C)c2ccc(F)cc2)c(NC2CCN(C)C2)n1. The highest BCUT2D eigenvalue weighted by Crippen LogP contribution is 2.28. The molecular formula is C17H22FN5. The molecule has 0 spiro atoms. The van der Waals surface area contributed by atoms with E-state index in [0.717, 1.165) is 36.6 Å². The van der Waals surface area contributed by atoms with Gasteiger partial charge in [0.2, 0.25) is 0 Å². The van der Waals surface area contributed by atoms with Gasteiger partial charge in [0.05, 0.1) is 0 Å². The van der Waals surface area contributed by atoms with Crippen LogP contribution in [0.25, 0.3) is 0 Å². The van der Waals surface area contributed by atoms with Crippen LogP contribution in [0.2, 0.25) is 0 Å². The number of aromatic nitrogens is 3. The minimum atomic E-state index is -0.235. The fourth-order valence-corrected chi connectivity index (χ4v) is 2.97. The number of benzene rings is 1. The van der Waals surface area contributed by atoms with Crippen molar-refractivity contribution in [1.82, 2.24) is 20.1 Å². The molecule has 1 saturated heterocycles. The van der Waals surface area contributed by atoms with Crippen molar-refractivity contribution < 1.29 is 4.39 Å². The average Bonchev–Trinajstić information content (AvgIpc) is 2.93. The maximum absolute atomic E-state index is 13.1. The Kier molecular flexibility index (Phi) is 4.52. The van der Waals surface area contributed by atoms with Gasteiger partial charge in [0.25, 0.3) is 0 Å². The minimum absolute atomic E-state index is 0.00201. The van der Waals surface area contributed by atoms with Gasteiger partial charge in [-0.15, -0.1) is 10.2 Å². The van der Waals surface area contributed by atoms with Crippen LogP contribution in [0.5, 0.6) is 0 Å². The Morgan fingerprint density at radius 3 is 2.65 bits per heavy atom. The summed E-state index contributed by atoms with van der Waals surface area (Å²) >= 11 is 0. The van der Waals surface area contributed by atoms with E-state index in [9.17, 15) is 4.39 Å². The van der Waals surface area contributed by atoms with Crippen molar-refractivity contribution in [3.05, 3.63) is 47.2 Å². The Morgan fingerprint density at radius 1 is 1.26 bits per heavy atom. The summed E-state index contributed by atoms with van der Waals surface area (Å²) in [6.45, 7) is 5.96. The Morgan fingerprint density at radius 2 is 2.00 bits per heavy atom. The van der Waals surface area contributed by atoms with Gasteiger partial charge in [-0.1, -0.05) is 19.1 Å². The molecule has 1 aromatic carbocycles. The number of rotatable bonds is 4. The van der Waals surface area contributed by atoms with Gasteiger partial charge in [0, 0.05) is 18.5 Å². The van der Waals surface area contributed by atoms with E-state index in [1.807, 2.05) is 13.8 Å². The molecule has 0 saturated carbocycles. The lowest BCUT2D eigenvalue weighted by molar-refractivity contribution is 0.414. The summed E-state index contributed by atoms with van der Waals surface area (Å²) in [4.78, 5) is 6.84. The molecule has 2 aromatic rings. The van der Waals surface area contributed by atoms with Crippen LogP contribution >= 0.6 is 0 Å². The lowest BCUT2D eigenvalue weighted by Crippen LogP contribution is -2.25. The molecule has 3 rings (SSSR count). The molecule has 0 aliphatic carbocycles. The number of anilines is 1. The smallest absolute Gasteiger partial charge is 0.152 e. The number of hydrogen-bond donors (Lipinski definition) is 1. The third-order valence-electron chi connectivity index (χ3n) is 4.33. The van der Waals surface area contributed by atoms with Crippen LogP contribution in [0.1, 0.15) is 36.3 Å². The first-order valence-corrected chi connectivity index (χ1v) is 7.94. The fraction of sp³-hybridized carbons (Fsp3) is 0.471. The van der Waals surface area contributed by atoms with Gasteiger partial charge in [0.1, 0.15) is 17.3 Å². The molecule has 1 N–H and O–H groups in total. The third kappa shape index (κ3) is 3.64. The predicted molar refractivity (Wildman–Crippen MR) is 88.0 cm³/mol. The monoisotopic (exact) mass is 315 g/mol. The normalized spacial score (nSPS) is 19.7. The summed E-state index contributed by atoms with van der Waals surface area (Å²) in [6.07, 6.45) is 1.09. The standard InChI is InChI=1S/C17H22FN5/c1-11(13-4-6-14(18)7-5-13)16-17(19-12(2)21-22-16)20-15-8-9-23(3)10-15/h4-7,11,15H,8-10H2,1-3H3,(H,19,20,21)/t11-,15?/m0/s1. The number of halogens is 1. The summed E-state index contributed by atoms with van der Waals surface area (Å²) < 4.78 is 13.1. The lowest BCUT2D eigenvalue weighted by atomic mass is 9.97. The van der Waals surface area contributed by atoms with Crippen molar-refractivity contribution in [3.63, 3.8) is 0 Å². The van der Waals surface area contributed by atoms with Crippen molar-refractivity contribution in [2.24, 2.45) is 0 Å². The zero-order chi connectivity index (χ0) is 16.4.